The molecular weight excluding hydrogens is 324 g/mol. The molecule has 3 N–H and O–H groups in total. The molecule has 0 saturated heterocycles. The molecule has 0 rings (SSSR count). The molecular formula is C3H3NdO9. The first kappa shape index (κ1) is 22.7. The third-order valence-electron chi connectivity index (χ3n) is 0. The summed E-state index contributed by atoms with van der Waals surface area (Å²) in [5, 5.41) is 45.9. The van der Waals surface area contributed by atoms with E-state index in [1.807, 2.05) is 0 Å². The van der Waals surface area contributed by atoms with E-state index in [9.17, 15) is 0 Å². The molecule has 0 aromatic rings. The van der Waals surface area contributed by atoms with Crippen molar-refractivity contribution in [2.75, 3.05) is 0 Å². The summed E-state index contributed by atoms with van der Waals surface area (Å²) in [6, 6.07) is 0. The van der Waals surface area contributed by atoms with Crippen molar-refractivity contribution in [3.63, 3.8) is 0 Å². The largest absolute Gasteiger partial charge is 3.00 e. The van der Waals surface area contributed by atoms with Crippen molar-refractivity contribution in [3.05, 3.63) is 0 Å². The third kappa shape index (κ3) is 1330. The maximum absolute atomic E-state index is 8.44. The van der Waals surface area contributed by atoms with Gasteiger partial charge in [-0.1, -0.05) is 0 Å². The summed E-state index contributed by atoms with van der Waals surface area (Å²) in [7, 11) is 0. The Balaban J connectivity index is -0.0000000450. The first-order valence-electron chi connectivity index (χ1n) is 1.90. The Labute approximate surface area is 104 Å². The summed E-state index contributed by atoms with van der Waals surface area (Å²) in [6.07, 6.45) is -6.25. The SMILES string of the molecule is O=C([O-])O.O=C([O-])O.O=C([O-])O.[Nd+3]. The van der Waals surface area contributed by atoms with Crippen LogP contribution in [0.15, 0.2) is 0 Å². The molecule has 0 aliphatic carbocycles. The Kier molecular flexibility index (Phi) is 30.3. The van der Waals surface area contributed by atoms with Gasteiger partial charge in [-0.2, -0.15) is 0 Å². The molecule has 0 saturated carbocycles. The van der Waals surface area contributed by atoms with Crippen molar-refractivity contribution in [1.82, 2.24) is 0 Å². The maximum atomic E-state index is 8.44. The minimum absolute atomic E-state index is 0. The van der Waals surface area contributed by atoms with Crippen molar-refractivity contribution in [1.29, 1.82) is 0 Å². The molecule has 0 aromatic carbocycles. The molecule has 0 bridgehead atoms. The van der Waals surface area contributed by atoms with E-state index in [-0.39, 0.29) is 40.8 Å². The molecule has 0 aliphatic rings. The van der Waals surface area contributed by atoms with Gasteiger partial charge in [0.2, 0.25) is 18.5 Å². The zero-order chi connectivity index (χ0) is 10.7. The van der Waals surface area contributed by atoms with Crippen LogP contribution in [0.1, 0.15) is 0 Å². The van der Waals surface area contributed by atoms with Gasteiger partial charge < -0.3 is 45.0 Å². The van der Waals surface area contributed by atoms with Crippen LogP contribution >= 0.6 is 0 Å². The normalized spacial score (nSPS) is 5.54. The molecule has 0 fully saturated rings. The van der Waals surface area contributed by atoms with E-state index in [1.54, 1.807) is 0 Å². The standard InChI is InChI=1S/3CH2O3.Nd/c3*2-1(3)4;/h3*(H2,2,3,4);/q;;;+3/p-3. The Hall–Kier alpha value is -0.839. The number of hydrogen-bond acceptors (Lipinski definition) is 6. The molecule has 13 heavy (non-hydrogen) atoms. The molecule has 0 aliphatic heterocycles. The fourth-order valence-corrected chi connectivity index (χ4v) is 0. The fourth-order valence-electron chi connectivity index (χ4n) is 0. The molecule has 0 heterocycles. The topological polar surface area (TPSA) is 181 Å². The van der Waals surface area contributed by atoms with Gasteiger partial charge in [0.1, 0.15) is 0 Å². The van der Waals surface area contributed by atoms with Gasteiger partial charge in [-0.05, 0) is 0 Å². The number of hydrogen-bond donors (Lipinski definition) is 3. The Bertz CT molecular complexity index is 112. The van der Waals surface area contributed by atoms with Crippen molar-refractivity contribution >= 4 is 18.5 Å². The summed E-state index contributed by atoms with van der Waals surface area (Å²) in [6.45, 7) is 0. The van der Waals surface area contributed by atoms with E-state index < -0.39 is 18.5 Å². The van der Waals surface area contributed by atoms with Gasteiger partial charge in [-0.3, -0.25) is 0 Å². The van der Waals surface area contributed by atoms with E-state index in [4.69, 9.17) is 45.0 Å². The summed E-state index contributed by atoms with van der Waals surface area (Å²) < 4.78 is 0. The van der Waals surface area contributed by atoms with Crippen LogP contribution < -0.4 is 15.3 Å². The molecule has 0 unspecified atom stereocenters. The second kappa shape index (κ2) is 17.3. The average molecular weight is 327 g/mol. The Morgan fingerprint density at radius 1 is 0.692 bits per heavy atom. The smallest absolute Gasteiger partial charge is 0.565 e. The number of carboxylic acid groups (broad SMARTS) is 6. The molecule has 0 amide bonds. The van der Waals surface area contributed by atoms with Gasteiger partial charge in [-0.15, -0.1) is 0 Å². The van der Waals surface area contributed by atoms with Gasteiger partial charge in [0.15, 0.2) is 0 Å². The monoisotopic (exact) mass is 325 g/mol. The predicted octanol–water partition coefficient (Wildman–Crippen LogP) is -3.34. The minimum Gasteiger partial charge on any atom is -0.565 e. The van der Waals surface area contributed by atoms with Crippen LogP contribution in [0.2, 0.25) is 0 Å². The van der Waals surface area contributed by atoms with Gasteiger partial charge in [0, 0.05) is 0 Å². The van der Waals surface area contributed by atoms with Crippen molar-refractivity contribution in [2.24, 2.45) is 0 Å². The molecule has 1 radical (unpaired) electrons. The van der Waals surface area contributed by atoms with Crippen molar-refractivity contribution in [3.8, 4) is 0 Å². The average Bonchev–Trinajstić information content (AvgIpc) is 1.54. The molecule has 0 aromatic heterocycles. The number of carbonyl (C=O) groups is 3. The van der Waals surface area contributed by atoms with E-state index >= 15 is 0 Å². The van der Waals surface area contributed by atoms with Crippen LogP contribution in [0.5, 0.6) is 0 Å². The summed E-state index contributed by atoms with van der Waals surface area (Å²) in [5.74, 6) is 0. The second-order valence-corrected chi connectivity index (χ2v) is 0.798. The first-order valence-corrected chi connectivity index (χ1v) is 1.90. The molecule has 0 atom stereocenters. The number of rotatable bonds is 0. The van der Waals surface area contributed by atoms with Crippen LogP contribution in [-0.2, 0) is 0 Å². The predicted molar refractivity (Wildman–Crippen MR) is 24.1 cm³/mol. The van der Waals surface area contributed by atoms with Crippen LogP contribution in [0.25, 0.3) is 0 Å². The van der Waals surface area contributed by atoms with Gasteiger partial charge >= 0.3 is 40.8 Å². The van der Waals surface area contributed by atoms with Crippen LogP contribution in [-0.4, -0.2) is 33.8 Å². The summed E-state index contributed by atoms with van der Waals surface area (Å²) in [4.78, 5) is 25.3. The van der Waals surface area contributed by atoms with E-state index in [2.05, 4.69) is 0 Å². The second-order valence-electron chi connectivity index (χ2n) is 0.798. The first-order chi connectivity index (χ1) is 5.20. The van der Waals surface area contributed by atoms with Crippen molar-refractivity contribution in [2.45, 2.75) is 0 Å². The minimum atomic E-state index is -2.08. The molecule has 10 heteroatoms. The zero-order valence-corrected chi connectivity index (χ0v) is 9.00. The Morgan fingerprint density at radius 3 is 0.692 bits per heavy atom. The van der Waals surface area contributed by atoms with E-state index in [0.717, 1.165) is 0 Å². The third-order valence-corrected chi connectivity index (χ3v) is 0. The maximum Gasteiger partial charge on any atom is 3.00 e. The van der Waals surface area contributed by atoms with E-state index in [0.29, 0.717) is 0 Å². The van der Waals surface area contributed by atoms with Gasteiger partial charge in [-0.25, -0.2) is 0 Å². The molecule has 73 valence electrons. The Morgan fingerprint density at radius 2 is 0.692 bits per heavy atom. The molecule has 0 spiro atoms. The summed E-state index contributed by atoms with van der Waals surface area (Å²) >= 11 is 0. The quantitative estimate of drug-likeness (QED) is 0.409. The van der Waals surface area contributed by atoms with Gasteiger partial charge in [0.05, 0.1) is 0 Å². The summed E-state index contributed by atoms with van der Waals surface area (Å²) in [5.41, 5.74) is 0. The van der Waals surface area contributed by atoms with Crippen molar-refractivity contribution < 1.29 is 85.9 Å². The van der Waals surface area contributed by atoms with Crippen LogP contribution in [0.3, 0.4) is 0 Å². The molecule has 9 nitrogen and oxygen atoms in total. The zero-order valence-electron chi connectivity index (χ0n) is 5.79. The fraction of sp³-hybridized carbons (Fsp3) is 0. The van der Waals surface area contributed by atoms with Crippen LogP contribution in [0.4, 0.5) is 14.4 Å². The van der Waals surface area contributed by atoms with Gasteiger partial charge in [0.25, 0.3) is 0 Å². The van der Waals surface area contributed by atoms with E-state index in [1.165, 1.54) is 0 Å². The van der Waals surface area contributed by atoms with Crippen LogP contribution in [0, 0.1) is 40.8 Å².